The predicted octanol–water partition coefficient (Wildman–Crippen LogP) is 3.41. The molecule has 0 spiro atoms. The zero-order chi connectivity index (χ0) is 15.5. The van der Waals surface area contributed by atoms with E-state index in [0.717, 1.165) is 44.5 Å². The topological polar surface area (TPSA) is 47.4 Å². The molecule has 0 bridgehead atoms. The van der Waals surface area contributed by atoms with Gasteiger partial charge < -0.3 is 9.64 Å². The lowest BCUT2D eigenvalue weighted by Crippen LogP contribution is -2.42. The molecule has 0 radical (unpaired) electrons. The molecule has 1 fully saturated rings. The molecule has 118 valence electrons. The SMILES string of the molecule is CCCc1ccn(C2CCN(C(=O)OC(C)(C)C)CC2)n1. The summed E-state index contributed by atoms with van der Waals surface area (Å²) in [5, 5.41) is 4.63. The second-order valence-electron chi connectivity index (χ2n) is 6.74. The highest BCUT2D eigenvalue weighted by Crippen LogP contribution is 2.23. The van der Waals surface area contributed by atoms with E-state index in [4.69, 9.17) is 4.74 Å². The van der Waals surface area contributed by atoms with Crippen molar-refractivity contribution in [3.63, 3.8) is 0 Å². The first-order chi connectivity index (χ1) is 9.89. The molecule has 5 nitrogen and oxygen atoms in total. The summed E-state index contributed by atoms with van der Waals surface area (Å²) in [5.74, 6) is 0. The number of hydrogen-bond acceptors (Lipinski definition) is 3. The van der Waals surface area contributed by atoms with Crippen LogP contribution in [0.3, 0.4) is 0 Å². The van der Waals surface area contributed by atoms with Gasteiger partial charge in [-0.2, -0.15) is 5.10 Å². The van der Waals surface area contributed by atoms with Crippen molar-refractivity contribution in [1.82, 2.24) is 14.7 Å². The average molecular weight is 293 g/mol. The summed E-state index contributed by atoms with van der Waals surface area (Å²) in [6.45, 7) is 9.34. The molecule has 0 aromatic carbocycles. The van der Waals surface area contributed by atoms with E-state index < -0.39 is 5.60 Å². The van der Waals surface area contributed by atoms with Gasteiger partial charge in [-0.05, 0) is 46.1 Å². The summed E-state index contributed by atoms with van der Waals surface area (Å²) in [6, 6.07) is 2.50. The van der Waals surface area contributed by atoms with Crippen LogP contribution in [-0.2, 0) is 11.2 Å². The van der Waals surface area contributed by atoms with Gasteiger partial charge in [0.2, 0.25) is 0 Å². The summed E-state index contributed by atoms with van der Waals surface area (Å²) < 4.78 is 7.49. The van der Waals surface area contributed by atoms with Gasteiger partial charge in [0.1, 0.15) is 5.60 Å². The number of nitrogens with zero attached hydrogens (tertiary/aromatic N) is 3. The Labute approximate surface area is 127 Å². The Morgan fingerprint density at radius 1 is 1.38 bits per heavy atom. The van der Waals surface area contributed by atoms with Gasteiger partial charge in [0, 0.05) is 19.3 Å². The van der Waals surface area contributed by atoms with Crippen LogP contribution in [0.5, 0.6) is 0 Å². The van der Waals surface area contributed by atoms with E-state index in [2.05, 4.69) is 29.0 Å². The smallest absolute Gasteiger partial charge is 0.410 e. The van der Waals surface area contributed by atoms with Crippen LogP contribution in [0.2, 0.25) is 0 Å². The van der Waals surface area contributed by atoms with E-state index in [9.17, 15) is 4.79 Å². The molecule has 2 heterocycles. The Morgan fingerprint density at radius 2 is 2.05 bits per heavy atom. The van der Waals surface area contributed by atoms with Crippen molar-refractivity contribution >= 4 is 6.09 Å². The molecule has 5 heteroatoms. The van der Waals surface area contributed by atoms with E-state index in [1.54, 1.807) is 4.90 Å². The molecule has 1 aliphatic heterocycles. The number of amides is 1. The maximum atomic E-state index is 12.0. The van der Waals surface area contributed by atoms with Gasteiger partial charge in [0.15, 0.2) is 0 Å². The van der Waals surface area contributed by atoms with Crippen LogP contribution in [0.15, 0.2) is 12.3 Å². The van der Waals surface area contributed by atoms with Crippen molar-refractivity contribution in [2.45, 2.75) is 65.0 Å². The average Bonchev–Trinajstić information content (AvgIpc) is 2.86. The summed E-state index contributed by atoms with van der Waals surface area (Å²) in [6.07, 6.45) is 5.89. The Hall–Kier alpha value is -1.52. The minimum Gasteiger partial charge on any atom is -0.444 e. The van der Waals surface area contributed by atoms with Crippen molar-refractivity contribution in [1.29, 1.82) is 0 Å². The van der Waals surface area contributed by atoms with Gasteiger partial charge in [-0.25, -0.2) is 4.79 Å². The van der Waals surface area contributed by atoms with E-state index in [-0.39, 0.29) is 6.09 Å². The molecular formula is C16H27N3O2. The minimum atomic E-state index is -0.426. The summed E-state index contributed by atoms with van der Waals surface area (Å²) in [5.41, 5.74) is 0.734. The number of ether oxygens (including phenoxy) is 1. The molecule has 1 amide bonds. The third kappa shape index (κ3) is 4.48. The summed E-state index contributed by atoms with van der Waals surface area (Å²) in [7, 11) is 0. The van der Waals surface area contributed by atoms with Gasteiger partial charge in [-0.3, -0.25) is 4.68 Å². The van der Waals surface area contributed by atoms with Crippen molar-refractivity contribution in [2.24, 2.45) is 0 Å². The van der Waals surface area contributed by atoms with E-state index in [0.29, 0.717) is 6.04 Å². The third-order valence-corrected chi connectivity index (χ3v) is 3.66. The first-order valence-electron chi connectivity index (χ1n) is 7.91. The number of carbonyl (C=O) groups is 1. The van der Waals surface area contributed by atoms with Crippen LogP contribution in [-0.4, -0.2) is 39.5 Å². The van der Waals surface area contributed by atoms with E-state index in [1.165, 1.54) is 0 Å². The first-order valence-corrected chi connectivity index (χ1v) is 7.91. The zero-order valence-corrected chi connectivity index (χ0v) is 13.6. The molecule has 1 aliphatic rings. The van der Waals surface area contributed by atoms with Crippen molar-refractivity contribution in [3.8, 4) is 0 Å². The van der Waals surface area contributed by atoms with Crippen LogP contribution in [0.4, 0.5) is 4.79 Å². The van der Waals surface area contributed by atoms with Crippen molar-refractivity contribution in [3.05, 3.63) is 18.0 Å². The summed E-state index contributed by atoms with van der Waals surface area (Å²) >= 11 is 0. The molecule has 21 heavy (non-hydrogen) atoms. The maximum Gasteiger partial charge on any atom is 0.410 e. The minimum absolute atomic E-state index is 0.201. The highest BCUT2D eigenvalue weighted by molar-refractivity contribution is 5.68. The fourth-order valence-corrected chi connectivity index (χ4v) is 2.61. The third-order valence-electron chi connectivity index (χ3n) is 3.66. The molecule has 1 aromatic heterocycles. The van der Waals surface area contributed by atoms with Crippen molar-refractivity contribution < 1.29 is 9.53 Å². The Kier molecular flexibility index (Phi) is 4.91. The monoisotopic (exact) mass is 293 g/mol. The van der Waals surface area contributed by atoms with Crippen LogP contribution < -0.4 is 0 Å². The highest BCUT2D eigenvalue weighted by atomic mass is 16.6. The molecule has 0 N–H and O–H groups in total. The molecular weight excluding hydrogens is 266 g/mol. The molecule has 0 atom stereocenters. The Balaban J connectivity index is 1.86. The van der Waals surface area contributed by atoms with Crippen LogP contribution >= 0.6 is 0 Å². The van der Waals surface area contributed by atoms with Gasteiger partial charge in [0.25, 0.3) is 0 Å². The van der Waals surface area contributed by atoms with Gasteiger partial charge in [0.05, 0.1) is 11.7 Å². The lowest BCUT2D eigenvalue weighted by Gasteiger charge is -2.33. The zero-order valence-electron chi connectivity index (χ0n) is 13.6. The Morgan fingerprint density at radius 3 is 2.62 bits per heavy atom. The fraction of sp³-hybridized carbons (Fsp3) is 0.750. The van der Waals surface area contributed by atoms with Crippen molar-refractivity contribution in [2.75, 3.05) is 13.1 Å². The summed E-state index contributed by atoms with van der Waals surface area (Å²) in [4.78, 5) is 13.8. The molecule has 0 unspecified atom stereocenters. The molecule has 0 aliphatic carbocycles. The molecule has 1 saturated heterocycles. The molecule has 0 saturated carbocycles. The lowest BCUT2D eigenvalue weighted by atomic mass is 10.1. The standard InChI is InChI=1S/C16H27N3O2/c1-5-6-13-7-12-19(17-13)14-8-10-18(11-9-14)15(20)21-16(2,3)4/h7,12,14H,5-6,8-11H2,1-4H3. The second-order valence-corrected chi connectivity index (χ2v) is 6.74. The van der Waals surface area contributed by atoms with Gasteiger partial charge in [-0.1, -0.05) is 13.3 Å². The first kappa shape index (κ1) is 15.9. The quantitative estimate of drug-likeness (QED) is 0.858. The number of piperidine rings is 1. The number of carbonyl (C=O) groups excluding carboxylic acids is 1. The van der Waals surface area contributed by atoms with Gasteiger partial charge in [-0.15, -0.1) is 0 Å². The molecule has 1 aromatic rings. The number of hydrogen-bond donors (Lipinski definition) is 0. The molecule has 2 rings (SSSR count). The lowest BCUT2D eigenvalue weighted by molar-refractivity contribution is 0.0184. The number of likely N-dealkylation sites (tertiary alicyclic amines) is 1. The fourth-order valence-electron chi connectivity index (χ4n) is 2.61. The maximum absolute atomic E-state index is 12.0. The van der Waals surface area contributed by atoms with Crippen LogP contribution in [0.25, 0.3) is 0 Å². The number of aryl methyl sites for hydroxylation is 1. The number of rotatable bonds is 3. The van der Waals surface area contributed by atoms with Gasteiger partial charge >= 0.3 is 6.09 Å². The highest BCUT2D eigenvalue weighted by Gasteiger charge is 2.27. The Bertz CT molecular complexity index is 468. The van der Waals surface area contributed by atoms with E-state index in [1.807, 2.05) is 20.8 Å². The van der Waals surface area contributed by atoms with Crippen LogP contribution in [0.1, 0.15) is 58.7 Å². The van der Waals surface area contributed by atoms with Crippen LogP contribution in [0, 0.1) is 0 Å². The largest absolute Gasteiger partial charge is 0.444 e. The normalized spacial score (nSPS) is 17.0. The van der Waals surface area contributed by atoms with E-state index >= 15 is 0 Å². The predicted molar refractivity (Wildman–Crippen MR) is 82.3 cm³/mol. The number of aromatic nitrogens is 2. The second kappa shape index (κ2) is 6.50.